The minimum atomic E-state index is -0.523. The average molecular weight is 952 g/mol. The molecule has 0 amide bonds. The van der Waals surface area contributed by atoms with Gasteiger partial charge >= 0.3 is 0 Å². The van der Waals surface area contributed by atoms with Crippen LogP contribution in [0.1, 0.15) is 47.2 Å². The summed E-state index contributed by atoms with van der Waals surface area (Å²) < 4.78 is 0. The van der Waals surface area contributed by atoms with Crippen LogP contribution in [0.2, 0.25) is 0 Å². The summed E-state index contributed by atoms with van der Waals surface area (Å²) in [6.07, 6.45) is 0. The first-order valence-electron chi connectivity index (χ1n) is 26.4. The van der Waals surface area contributed by atoms with Crippen molar-refractivity contribution >= 4 is 60.2 Å². The third-order valence-electron chi connectivity index (χ3n) is 17.4. The number of anilines is 3. The molecule has 3 aliphatic rings. The van der Waals surface area contributed by atoms with Gasteiger partial charge in [-0.05, 0) is 175 Å². The molecular formula is C74H49N. The summed E-state index contributed by atoms with van der Waals surface area (Å²) in [5, 5.41) is 10.00. The zero-order valence-corrected chi connectivity index (χ0v) is 41.8. The average Bonchev–Trinajstić information content (AvgIpc) is 4.21. The summed E-state index contributed by atoms with van der Waals surface area (Å²) in [6.45, 7) is 4.71. The lowest BCUT2D eigenvalue weighted by Crippen LogP contribution is -2.26. The first kappa shape index (κ1) is 42.2. The fraction of sp³-hybridized carbons (Fsp3) is 0.0541. The molecule has 3 aliphatic carbocycles. The molecule has 350 valence electrons. The van der Waals surface area contributed by atoms with Gasteiger partial charge in [0.15, 0.2) is 0 Å². The predicted molar refractivity (Wildman–Crippen MR) is 316 cm³/mol. The van der Waals surface area contributed by atoms with Crippen LogP contribution in [-0.4, -0.2) is 0 Å². The fourth-order valence-electron chi connectivity index (χ4n) is 14.1. The molecular weight excluding hydrogens is 903 g/mol. The molecule has 0 fully saturated rings. The summed E-state index contributed by atoms with van der Waals surface area (Å²) in [6, 6.07) is 98.8. The van der Waals surface area contributed by atoms with Crippen molar-refractivity contribution in [2.24, 2.45) is 0 Å². The van der Waals surface area contributed by atoms with Gasteiger partial charge in [0.25, 0.3) is 0 Å². The van der Waals surface area contributed by atoms with Crippen LogP contribution in [0.4, 0.5) is 17.1 Å². The predicted octanol–water partition coefficient (Wildman–Crippen LogP) is 19.8. The van der Waals surface area contributed by atoms with Crippen LogP contribution in [0.3, 0.4) is 0 Å². The van der Waals surface area contributed by atoms with Crippen molar-refractivity contribution in [2.45, 2.75) is 24.7 Å². The zero-order chi connectivity index (χ0) is 49.6. The highest BCUT2D eigenvalue weighted by Crippen LogP contribution is 2.64. The minimum Gasteiger partial charge on any atom is -0.310 e. The summed E-state index contributed by atoms with van der Waals surface area (Å²) in [5.41, 5.74) is 23.4. The molecule has 1 spiro atoms. The van der Waals surface area contributed by atoms with E-state index >= 15 is 0 Å². The molecule has 16 rings (SSSR count). The standard InChI is InChI=1S/C74H49N/c1-73(2)66-27-13-9-25-60(66)64-42-49(35-40-67(64)73)47-33-36-51(37-34-47)75(52-38-39-57-55-21-6-5-19-53(55)54-20-7-8-22-56(54)63(57)43-52)72-45-71-65(44-62(72)50-32-31-46-17-3-4-18-48(46)41-50)61-26-12-16-30-70(61)74(71)68-28-14-10-23-58(68)59-24-11-15-29-69(59)74/h3-45H,1-2H3. The first-order valence-corrected chi connectivity index (χ1v) is 26.4. The second kappa shape index (κ2) is 15.6. The Morgan fingerprint density at radius 3 is 1.35 bits per heavy atom. The van der Waals surface area contributed by atoms with Crippen molar-refractivity contribution < 1.29 is 0 Å². The van der Waals surface area contributed by atoms with Gasteiger partial charge in [-0.15, -0.1) is 0 Å². The highest BCUT2D eigenvalue weighted by Gasteiger charge is 2.52. The molecule has 0 saturated heterocycles. The number of benzene rings is 13. The summed E-state index contributed by atoms with van der Waals surface area (Å²) in [7, 11) is 0. The molecule has 13 aromatic rings. The number of hydrogen-bond donors (Lipinski definition) is 0. The molecule has 0 aromatic heterocycles. The van der Waals surface area contributed by atoms with Gasteiger partial charge in [-0.1, -0.05) is 226 Å². The Balaban J connectivity index is 0.987. The molecule has 0 N–H and O–H groups in total. The first-order chi connectivity index (χ1) is 36.9. The van der Waals surface area contributed by atoms with Gasteiger partial charge in [-0.2, -0.15) is 0 Å². The van der Waals surface area contributed by atoms with Crippen molar-refractivity contribution in [2.75, 3.05) is 4.90 Å². The molecule has 1 heteroatoms. The molecule has 0 bridgehead atoms. The van der Waals surface area contributed by atoms with Crippen LogP contribution in [0, 0.1) is 0 Å². The molecule has 75 heavy (non-hydrogen) atoms. The SMILES string of the molecule is CC1(C)c2ccccc2-c2cc(-c3ccc(N(c4ccc5c6ccccc6c6ccccc6c5c4)c4cc5c(cc4-c4ccc6ccccc6c4)-c4ccccc4C54c5ccccc5-c5ccccc54)cc3)ccc21. The van der Waals surface area contributed by atoms with Gasteiger partial charge in [-0.3, -0.25) is 0 Å². The Hall–Kier alpha value is -9.30. The summed E-state index contributed by atoms with van der Waals surface area (Å²) in [4.78, 5) is 2.56. The largest absolute Gasteiger partial charge is 0.310 e. The Morgan fingerprint density at radius 1 is 0.253 bits per heavy atom. The lowest BCUT2D eigenvalue weighted by molar-refractivity contribution is 0.660. The maximum absolute atomic E-state index is 2.58. The topological polar surface area (TPSA) is 3.24 Å². The van der Waals surface area contributed by atoms with Gasteiger partial charge in [0, 0.05) is 22.4 Å². The van der Waals surface area contributed by atoms with Crippen LogP contribution < -0.4 is 4.90 Å². The second-order valence-corrected chi connectivity index (χ2v) is 21.5. The van der Waals surface area contributed by atoms with Crippen molar-refractivity contribution in [1.29, 1.82) is 0 Å². The number of rotatable bonds is 5. The molecule has 0 saturated carbocycles. The highest BCUT2D eigenvalue weighted by atomic mass is 15.1. The van der Waals surface area contributed by atoms with Crippen molar-refractivity contribution in [3.05, 3.63) is 294 Å². The molecule has 1 nitrogen and oxygen atoms in total. The molecule has 0 heterocycles. The molecule has 13 aromatic carbocycles. The van der Waals surface area contributed by atoms with Crippen LogP contribution in [-0.2, 0) is 10.8 Å². The quantitative estimate of drug-likeness (QED) is 0.155. The third kappa shape index (κ3) is 5.84. The van der Waals surface area contributed by atoms with Gasteiger partial charge in [0.05, 0.1) is 11.1 Å². The van der Waals surface area contributed by atoms with E-state index in [0.717, 1.165) is 17.1 Å². The van der Waals surface area contributed by atoms with E-state index in [4.69, 9.17) is 0 Å². The lowest BCUT2D eigenvalue weighted by Gasteiger charge is -2.33. The normalized spacial score (nSPS) is 13.9. The number of nitrogens with zero attached hydrogens (tertiary/aromatic N) is 1. The lowest BCUT2D eigenvalue weighted by atomic mass is 9.70. The Bertz CT molecular complexity index is 4490. The minimum absolute atomic E-state index is 0.0481. The molecule has 0 radical (unpaired) electrons. The second-order valence-electron chi connectivity index (χ2n) is 21.5. The molecule has 0 unspecified atom stereocenters. The van der Waals surface area contributed by atoms with E-state index in [1.165, 1.54) is 132 Å². The van der Waals surface area contributed by atoms with E-state index in [1.807, 2.05) is 0 Å². The van der Waals surface area contributed by atoms with E-state index < -0.39 is 5.41 Å². The Kier molecular flexibility index (Phi) is 8.79. The summed E-state index contributed by atoms with van der Waals surface area (Å²) in [5.74, 6) is 0. The maximum Gasteiger partial charge on any atom is 0.0726 e. The molecule has 0 aliphatic heterocycles. The van der Waals surface area contributed by atoms with Gasteiger partial charge in [-0.25, -0.2) is 0 Å². The van der Waals surface area contributed by atoms with E-state index in [0.29, 0.717) is 0 Å². The van der Waals surface area contributed by atoms with E-state index in [9.17, 15) is 0 Å². The Morgan fingerprint density at radius 2 is 0.707 bits per heavy atom. The van der Waals surface area contributed by atoms with Crippen molar-refractivity contribution in [3.63, 3.8) is 0 Å². The highest BCUT2D eigenvalue weighted by molar-refractivity contribution is 6.26. The number of fused-ring (bicyclic) bond motifs is 20. The van der Waals surface area contributed by atoms with E-state index in [1.54, 1.807) is 0 Å². The fourth-order valence-corrected chi connectivity index (χ4v) is 14.1. The van der Waals surface area contributed by atoms with Gasteiger partial charge in [0.2, 0.25) is 0 Å². The van der Waals surface area contributed by atoms with Crippen molar-refractivity contribution in [1.82, 2.24) is 0 Å². The van der Waals surface area contributed by atoms with Crippen LogP contribution >= 0.6 is 0 Å². The van der Waals surface area contributed by atoms with Crippen LogP contribution in [0.15, 0.2) is 261 Å². The van der Waals surface area contributed by atoms with Crippen LogP contribution in [0.25, 0.3) is 98.7 Å². The van der Waals surface area contributed by atoms with Gasteiger partial charge < -0.3 is 4.90 Å². The number of hydrogen-bond acceptors (Lipinski definition) is 1. The maximum atomic E-state index is 2.58. The van der Waals surface area contributed by atoms with E-state index in [2.05, 4.69) is 280 Å². The zero-order valence-electron chi connectivity index (χ0n) is 41.8. The molecule has 0 atom stereocenters. The Labute approximate surface area is 437 Å². The summed E-state index contributed by atoms with van der Waals surface area (Å²) >= 11 is 0. The smallest absolute Gasteiger partial charge is 0.0726 e. The third-order valence-corrected chi connectivity index (χ3v) is 17.4. The van der Waals surface area contributed by atoms with E-state index in [-0.39, 0.29) is 5.41 Å². The van der Waals surface area contributed by atoms with Crippen LogP contribution in [0.5, 0.6) is 0 Å². The van der Waals surface area contributed by atoms with Crippen molar-refractivity contribution in [3.8, 4) is 55.6 Å². The monoisotopic (exact) mass is 951 g/mol. The van der Waals surface area contributed by atoms with Gasteiger partial charge in [0.1, 0.15) is 0 Å².